The number of rotatable bonds is 7. The molecule has 0 atom stereocenters. The van der Waals surface area contributed by atoms with Gasteiger partial charge in [0, 0.05) is 18.5 Å². The lowest BCUT2D eigenvalue weighted by atomic mass is 9.96. The van der Waals surface area contributed by atoms with E-state index < -0.39 is 0 Å². The number of likely N-dealkylation sites (N-methyl/N-ethyl adjacent to an activating group) is 1. The summed E-state index contributed by atoms with van der Waals surface area (Å²) in [5.41, 5.74) is 1.17. The minimum atomic E-state index is 0.209. The van der Waals surface area contributed by atoms with Gasteiger partial charge in [0.05, 0.1) is 13.7 Å². The predicted molar refractivity (Wildman–Crippen MR) is 83.3 cm³/mol. The number of para-hydroxylation sites is 1. The Morgan fingerprint density at radius 3 is 2.45 bits per heavy atom. The van der Waals surface area contributed by atoms with Gasteiger partial charge >= 0.3 is 0 Å². The topological polar surface area (TPSA) is 29.5 Å². The maximum Gasteiger partial charge on any atom is 0.151 e. The number of hydrogen-bond donors (Lipinski definition) is 0. The van der Waals surface area contributed by atoms with Crippen molar-refractivity contribution in [3.8, 4) is 5.75 Å². The molecule has 0 spiro atoms. The van der Waals surface area contributed by atoms with Gasteiger partial charge in [-0.1, -0.05) is 45.9 Å². The Morgan fingerprint density at radius 2 is 1.90 bits per heavy atom. The average Bonchev–Trinajstić information content (AvgIpc) is 2.36. The molecule has 0 aromatic heterocycles. The van der Waals surface area contributed by atoms with Crippen LogP contribution in [0.15, 0.2) is 24.3 Å². The first-order valence-electron chi connectivity index (χ1n) is 7.21. The highest BCUT2D eigenvalue weighted by Gasteiger charge is 2.18. The molecule has 1 aromatic rings. The second-order valence-electron chi connectivity index (χ2n) is 6.39. The zero-order valence-electron chi connectivity index (χ0n) is 13.4. The summed E-state index contributed by atoms with van der Waals surface area (Å²) in [4.78, 5) is 14.4. The van der Waals surface area contributed by atoms with Crippen LogP contribution in [0.25, 0.3) is 0 Å². The largest absolute Gasteiger partial charge is 0.496 e. The van der Waals surface area contributed by atoms with Gasteiger partial charge < -0.3 is 4.74 Å². The molecule has 0 heterocycles. The van der Waals surface area contributed by atoms with Crippen molar-refractivity contribution in [1.82, 2.24) is 4.90 Å². The predicted octanol–water partition coefficient (Wildman–Crippen LogP) is 3.17. The third kappa shape index (κ3) is 5.74. The third-order valence-electron chi connectivity index (χ3n) is 3.13. The first kappa shape index (κ1) is 16.7. The molecule has 1 aromatic carbocycles. The summed E-state index contributed by atoms with van der Waals surface area (Å²) in [6, 6.07) is 7.72. The van der Waals surface area contributed by atoms with Crippen LogP contribution in [0.2, 0.25) is 0 Å². The molecular formula is C17H27NO2. The van der Waals surface area contributed by atoms with E-state index in [0.29, 0.717) is 13.0 Å². The van der Waals surface area contributed by atoms with E-state index in [9.17, 15) is 4.79 Å². The highest BCUT2D eigenvalue weighted by molar-refractivity contribution is 5.83. The third-order valence-corrected chi connectivity index (χ3v) is 3.13. The van der Waals surface area contributed by atoms with Gasteiger partial charge in [-0.15, -0.1) is 0 Å². The van der Waals surface area contributed by atoms with Gasteiger partial charge in [-0.05, 0) is 18.0 Å². The van der Waals surface area contributed by atoms with Crippen LogP contribution in [-0.2, 0) is 11.2 Å². The first-order chi connectivity index (χ1) is 9.35. The van der Waals surface area contributed by atoms with Crippen molar-refractivity contribution in [3.63, 3.8) is 0 Å². The number of benzene rings is 1. The van der Waals surface area contributed by atoms with Crippen LogP contribution >= 0.6 is 0 Å². The van der Waals surface area contributed by atoms with E-state index in [1.165, 1.54) is 0 Å². The van der Waals surface area contributed by atoms with Gasteiger partial charge in [0.15, 0.2) is 5.78 Å². The van der Waals surface area contributed by atoms with E-state index in [0.717, 1.165) is 24.4 Å². The van der Waals surface area contributed by atoms with E-state index in [2.05, 4.69) is 32.6 Å². The van der Waals surface area contributed by atoms with Gasteiger partial charge in [0.25, 0.3) is 0 Å². The van der Waals surface area contributed by atoms with E-state index >= 15 is 0 Å². The standard InChI is InChI=1S/C17H27NO2/c1-6-18(13-17(2,3)4)12-15(19)11-14-9-7-8-10-16(14)20-5/h7-10H,6,11-13H2,1-5H3. The fourth-order valence-corrected chi connectivity index (χ4v) is 2.32. The highest BCUT2D eigenvalue weighted by atomic mass is 16.5. The fraction of sp³-hybridized carbons (Fsp3) is 0.588. The lowest BCUT2D eigenvalue weighted by Crippen LogP contribution is -2.37. The maximum absolute atomic E-state index is 12.2. The first-order valence-corrected chi connectivity index (χ1v) is 7.21. The molecule has 0 saturated carbocycles. The van der Waals surface area contributed by atoms with Crippen molar-refractivity contribution in [2.24, 2.45) is 5.41 Å². The van der Waals surface area contributed by atoms with Gasteiger partial charge in [-0.2, -0.15) is 0 Å². The van der Waals surface area contributed by atoms with Crippen molar-refractivity contribution >= 4 is 5.78 Å². The van der Waals surface area contributed by atoms with Crippen molar-refractivity contribution < 1.29 is 9.53 Å². The van der Waals surface area contributed by atoms with Crippen LogP contribution in [0, 0.1) is 5.41 Å². The Labute approximate surface area is 122 Å². The molecule has 20 heavy (non-hydrogen) atoms. The molecule has 0 fully saturated rings. The smallest absolute Gasteiger partial charge is 0.151 e. The monoisotopic (exact) mass is 277 g/mol. The number of ether oxygens (including phenoxy) is 1. The van der Waals surface area contributed by atoms with Crippen molar-refractivity contribution in [1.29, 1.82) is 0 Å². The van der Waals surface area contributed by atoms with Crippen LogP contribution in [-0.4, -0.2) is 37.4 Å². The Bertz CT molecular complexity index is 435. The molecule has 0 bridgehead atoms. The summed E-state index contributed by atoms with van der Waals surface area (Å²) >= 11 is 0. The zero-order chi connectivity index (χ0) is 15.2. The molecule has 0 aliphatic carbocycles. The molecule has 112 valence electrons. The number of nitrogens with zero attached hydrogens (tertiary/aromatic N) is 1. The second kappa shape index (κ2) is 7.44. The van der Waals surface area contributed by atoms with Gasteiger partial charge in [-0.3, -0.25) is 9.69 Å². The second-order valence-corrected chi connectivity index (χ2v) is 6.39. The quantitative estimate of drug-likeness (QED) is 0.766. The average molecular weight is 277 g/mol. The molecule has 0 amide bonds. The van der Waals surface area contributed by atoms with Gasteiger partial charge in [0.2, 0.25) is 0 Å². The van der Waals surface area contributed by atoms with Crippen molar-refractivity contribution in [3.05, 3.63) is 29.8 Å². The minimum absolute atomic E-state index is 0.209. The lowest BCUT2D eigenvalue weighted by molar-refractivity contribution is -0.119. The number of ketones is 1. The SMILES string of the molecule is CCN(CC(=O)Cc1ccccc1OC)CC(C)(C)C. The summed E-state index contributed by atoms with van der Waals surface area (Å²) in [6.45, 7) is 11.0. The van der Waals surface area contributed by atoms with Gasteiger partial charge in [-0.25, -0.2) is 0 Å². The molecule has 0 N–H and O–H groups in total. The maximum atomic E-state index is 12.2. The number of carbonyl (C=O) groups excluding carboxylic acids is 1. The van der Waals surface area contributed by atoms with E-state index in [4.69, 9.17) is 4.74 Å². The Balaban J connectivity index is 2.62. The number of carbonyl (C=O) groups is 1. The van der Waals surface area contributed by atoms with Gasteiger partial charge in [0.1, 0.15) is 5.75 Å². The van der Waals surface area contributed by atoms with E-state index in [1.54, 1.807) is 7.11 Å². The molecule has 1 rings (SSSR count). The van der Waals surface area contributed by atoms with Crippen molar-refractivity contribution in [2.45, 2.75) is 34.1 Å². The summed E-state index contributed by atoms with van der Waals surface area (Å²) in [5, 5.41) is 0. The molecule has 0 saturated heterocycles. The number of Topliss-reactive ketones (excluding diaryl/α,β-unsaturated/α-hetero) is 1. The van der Waals surface area contributed by atoms with Crippen molar-refractivity contribution in [2.75, 3.05) is 26.7 Å². The molecule has 0 radical (unpaired) electrons. The Morgan fingerprint density at radius 1 is 1.25 bits per heavy atom. The van der Waals surface area contributed by atoms with Crippen LogP contribution in [0.5, 0.6) is 5.75 Å². The fourth-order valence-electron chi connectivity index (χ4n) is 2.32. The number of methoxy groups -OCH3 is 1. The van der Waals surface area contributed by atoms with E-state index in [-0.39, 0.29) is 11.2 Å². The van der Waals surface area contributed by atoms with E-state index in [1.807, 2.05) is 24.3 Å². The van der Waals surface area contributed by atoms with Crippen LogP contribution in [0.3, 0.4) is 0 Å². The summed E-state index contributed by atoms with van der Waals surface area (Å²) in [6.07, 6.45) is 0.435. The van der Waals surface area contributed by atoms with Crippen LogP contribution in [0.4, 0.5) is 0 Å². The highest BCUT2D eigenvalue weighted by Crippen LogP contribution is 2.19. The summed E-state index contributed by atoms with van der Waals surface area (Å²) in [7, 11) is 1.64. The Hall–Kier alpha value is -1.35. The summed E-state index contributed by atoms with van der Waals surface area (Å²) in [5.74, 6) is 1.03. The molecule has 0 aliphatic heterocycles. The summed E-state index contributed by atoms with van der Waals surface area (Å²) < 4.78 is 5.29. The lowest BCUT2D eigenvalue weighted by Gasteiger charge is -2.28. The molecule has 0 aliphatic rings. The number of hydrogen-bond acceptors (Lipinski definition) is 3. The zero-order valence-corrected chi connectivity index (χ0v) is 13.4. The molecule has 3 nitrogen and oxygen atoms in total. The molecule has 0 unspecified atom stereocenters. The molecular weight excluding hydrogens is 250 g/mol. The molecule has 3 heteroatoms. The normalized spacial score (nSPS) is 11.7. The van der Waals surface area contributed by atoms with Crippen LogP contribution in [0.1, 0.15) is 33.3 Å². The van der Waals surface area contributed by atoms with Crippen LogP contribution < -0.4 is 4.74 Å². The minimum Gasteiger partial charge on any atom is -0.496 e. The Kier molecular flexibility index (Phi) is 6.21.